The van der Waals surface area contributed by atoms with Crippen molar-refractivity contribution in [3.8, 4) is 0 Å². The molecule has 0 unspecified atom stereocenters. The molecule has 0 aliphatic heterocycles. The number of aromatic nitrogens is 2. The lowest BCUT2D eigenvalue weighted by Crippen LogP contribution is -2.39. The Morgan fingerprint density at radius 1 is 1.58 bits per heavy atom. The molecule has 1 heterocycles. The Morgan fingerprint density at radius 2 is 2.26 bits per heavy atom. The third kappa shape index (κ3) is 6.04. The van der Waals surface area contributed by atoms with Crippen LogP contribution in [0.1, 0.15) is 20.3 Å². The first-order valence-electron chi connectivity index (χ1n) is 6.13. The zero-order chi connectivity index (χ0) is 13.5. The van der Waals surface area contributed by atoms with Gasteiger partial charge in [0.05, 0.1) is 6.04 Å². The normalized spacial score (nSPS) is 12.1. The van der Waals surface area contributed by atoms with Gasteiger partial charge in [-0.1, -0.05) is 13.8 Å². The van der Waals surface area contributed by atoms with E-state index in [0.717, 1.165) is 13.0 Å². The lowest BCUT2D eigenvalue weighted by molar-refractivity contribution is -0.118. The van der Waals surface area contributed by atoms with Gasteiger partial charge in [-0.05, 0) is 12.3 Å². The number of anilines is 1. The van der Waals surface area contributed by atoms with E-state index in [-0.39, 0.29) is 24.2 Å². The zero-order valence-electron chi connectivity index (χ0n) is 11.6. The molecule has 6 nitrogen and oxygen atoms in total. The number of rotatable bonds is 7. The van der Waals surface area contributed by atoms with Gasteiger partial charge >= 0.3 is 0 Å². The minimum Gasteiger partial charge on any atom is -0.385 e. The van der Waals surface area contributed by atoms with Crippen molar-refractivity contribution in [1.29, 1.82) is 0 Å². The van der Waals surface area contributed by atoms with Crippen LogP contribution in [0.3, 0.4) is 0 Å². The zero-order valence-corrected chi connectivity index (χ0v) is 12.4. The Labute approximate surface area is 120 Å². The summed E-state index contributed by atoms with van der Waals surface area (Å²) in [6.45, 7) is 5.28. The van der Waals surface area contributed by atoms with Gasteiger partial charge in [0.2, 0.25) is 5.91 Å². The molecule has 7 heteroatoms. The average Bonchev–Trinajstić information content (AvgIpc) is 2.76. The van der Waals surface area contributed by atoms with Crippen LogP contribution in [0.15, 0.2) is 12.3 Å². The number of aryl methyl sites for hydroxylation is 1. The Hall–Kier alpha value is -1.11. The van der Waals surface area contributed by atoms with E-state index < -0.39 is 6.04 Å². The van der Waals surface area contributed by atoms with Crippen molar-refractivity contribution in [1.82, 2.24) is 9.78 Å². The van der Waals surface area contributed by atoms with Crippen LogP contribution in [0.2, 0.25) is 0 Å². The molecule has 0 saturated carbocycles. The fraction of sp³-hybridized carbons (Fsp3) is 0.667. The quantitative estimate of drug-likeness (QED) is 0.741. The number of ether oxygens (including phenoxy) is 1. The monoisotopic (exact) mass is 290 g/mol. The predicted molar refractivity (Wildman–Crippen MR) is 77.4 cm³/mol. The molecule has 0 bridgehead atoms. The van der Waals surface area contributed by atoms with Crippen LogP contribution < -0.4 is 11.1 Å². The molecule has 0 aliphatic carbocycles. The van der Waals surface area contributed by atoms with E-state index >= 15 is 0 Å². The Bertz CT molecular complexity index is 382. The van der Waals surface area contributed by atoms with Crippen LogP contribution in [0, 0.1) is 5.92 Å². The number of hydrogen-bond donors (Lipinski definition) is 2. The van der Waals surface area contributed by atoms with Gasteiger partial charge in [-0.3, -0.25) is 9.48 Å². The second-order valence-corrected chi connectivity index (χ2v) is 4.57. The van der Waals surface area contributed by atoms with E-state index in [0.29, 0.717) is 12.4 Å². The molecule has 1 rings (SSSR count). The number of hydrogen-bond acceptors (Lipinski definition) is 4. The van der Waals surface area contributed by atoms with Gasteiger partial charge in [0.1, 0.15) is 0 Å². The number of nitrogens with zero attached hydrogens (tertiary/aromatic N) is 2. The Balaban J connectivity index is 0.00000324. The highest BCUT2D eigenvalue weighted by molar-refractivity contribution is 5.93. The number of nitrogens with one attached hydrogen (secondary N) is 1. The Morgan fingerprint density at radius 3 is 2.84 bits per heavy atom. The van der Waals surface area contributed by atoms with Crippen LogP contribution in [0.25, 0.3) is 0 Å². The van der Waals surface area contributed by atoms with E-state index in [2.05, 4.69) is 10.4 Å². The second kappa shape index (κ2) is 8.90. The molecule has 0 aromatic carbocycles. The molecular formula is C12H23ClN4O2. The lowest BCUT2D eigenvalue weighted by Gasteiger charge is -2.13. The molecule has 0 saturated heterocycles. The van der Waals surface area contributed by atoms with Crippen molar-refractivity contribution >= 4 is 24.1 Å². The van der Waals surface area contributed by atoms with E-state index in [1.807, 2.05) is 20.0 Å². The van der Waals surface area contributed by atoms with Crippen LogP contribution in [0.4, 0.5) is 5.82 Å². The van der Waals surface area contributed by atoms with Crippen LogP contribution >= 0.6 is 12.4 Å². The number of halogens is 1. The van der Waals surface area contributed by atoms with Crippen LogP contribution in [-0.4, -0.2) is 35.4 Å². The second-order valence-electron chi connectivity index (χ2n) is 4.57. The molecule has 0 radical (unpaired) electrons. The third-order valence-corrected chi connectivity index (χ3v) is 2.65. The van der Waals surface area contributed by atoms with Gasteiger partial charge < -0.3 is 15.8 Å². The van der Waals surface area contributed by atoms with Crippen molar-refractivity contribution < 1.29 is 9.53 Å². The van der Waals surface area contributed by atoms with Crippen molar-refractivity contribution in [3.05, 3.63) is 12.3 Å². The van der Waals surface area contributed by atoms with Crippen molar-refractivity contribution in [2.75, 3.05) is 19.0 Å². The fourth-order valence-corrected chi connectivity index (χ4v) is 1.44. The number of amides is 1. The summed E-state index contributed by atoms with van der Waals surface area (Å²) in [7, 11) is 1.67. The van der Waals surface area contributed by atoms with Crippen LogP contribution in [-0.2, 0) is 16.1 Å². The molecule has 1 atom stereocenters. The van der Waals surface area contributed by atoms with E-state index in [9.17, 15) is 4.79 Å². The number of methoxy groups -OCH3 is 1. The van der Waals surface area contributed by atoms with Crippen molar-refractivity contribution in [3.63, 3.8) is 0 Å². The molecule has 1 amide bonds. The number of carbonyl (C=O) groups is 1. The molecule has 0 spiro atoms. The third-order valence-electron chi connectivity index (χ3n) is 2.65. The first-order valence-corrected chi connectivity index (χ1v) is 6.13. The summed E-state index contributed by atoms with van der Waals surface area (Å²) >= 11 is 0. The van der Waals surface area contributed by atoms with E-state index in [4.69, 9.17) is 10.5 Å². The summed E-state index contributed by atoms with van der Waals surface area (Å²) in [4.78, 5) is 11.7. The minimum absolute atomic E-state index is 0. The first kappa shape index (κ1) is 17.9. The highest BCUT2D eigenvalue weighted by Crippen LogP contribution is 2.06. The first-order chi connectivity index (χ1) is 8.54. The lowest BCUT2D eigenvalue weighted by atomic mass is 10.1. The largest absolute Gasteiger partial charge is 0.385 e. The predicted octanol–water partition coefficient (Wildman–Crippen LogP) is 1.26. The minimum atomic E-state index is -0.511. The smallest absolute Gasteiger partial charge is 0.242 e. The molecular weight excluding hydrogens is 268 g/mol. The molecule has 0 fully saturated rings. The highest BCUT2D eigenvalue weighted by atomic mass is 35.5. The van der Waals surface area contributed by atoms with Gasteiger partial charge in [-0.2, -0.15) is 5.10 Å². The van der Waals surface area contributed by atoms with Crippen LogP contribution in [0.5, 0.6) is 0 Å². The van der Waals surface area contributed by atoms with Gasteiger partial charge in [0, 0.05) is 32.5 Å². The van der Waals surface area contributed by atoms with E-state index in [1.54, 1.807) is 17.9 Å². The van der Waals surface area contributed by atoms with Gasteiger partial charge in [0.15, 0.2) is 5.82 Å². The average molecular weight is 291 g/mol. The molecule has 110 valence electrons. The Kier molecular flexibility index (Phi) is 8.38. The van der Waals surface area contributed by atoms with Crippen molar-refractivity contribution in [2.24, 2.45) is 11.7 Å². The summed E-state index contributed by atoms with van der Waals surface area (Å²) in [5.41, 5.74) is 5.75. The highest BCUT2D eigenvalue weighted by Gasteiger charge is 2.17. The summed E-state index contributed by atoms with van der Waals surface area (Å²) in [5, 5.41) is 6.94. The SMILES string of the molecule is COCCCn1ccc(NC(=O)[C@@H](N)C(C)C)n1.Cl. The number of nitrogens with two attached hydrogens (primary N) is 1. The maximum absolute atomic E-state index is 11.7. The standard InChI is InChI=1S/C12H22N4O2.ClH/c1-9(2)11(13)12(17)14-10-5-7-16(15-10)6-4-8-18-3;/h5,7,9,11H,4,6,8,13H2,1-3H3,(H,14,15,17);1H/t11-;/m0./s1. The topological polar surface area (TPSA) is 82.2 Å². The maximum atomic E-state index is 11.7. The molecule has 0 aliphatic rings. The molecule has 1 aromatic heterocycles. The number of carbonyl (C=O) groups excluding carboxylic acids is 1. The summed E-state index contributed by atoms with van der Waals surface area (Å²) < 4.78 is 6.74. The van der Waals surface area contributed by atoms with Gasteiger partial charge in [0.25, 0.3) is 0 Å². The summed E-state index contributed by atoms with van der Waals surface area (Å²) in [5.74, 6) is 0.439. The van der Waals surface area contributed by atoms with Gasteiger partial charge in [-0.25, -0.2) is 0 Å². The van der Waals surface area contributed by atoms with Gasteiger partial charge in [-0.15, -0.1) is 12.4 Å². The van der Waals surface area contributed by atoms with Crippen molar-refractivity contribution in [2.45, 2.75) is 32.9 Å². The summed E-state index contributed by atoms with van der Waals surface area (Å²) in [6, 6.07) is 1.25. The maximum Gasteiger partial charge on any atom is 0.242 e. The fourth-order valence-electron chi connectivity index (χ4n) is 1.44. The summed E-state index contributed by atoms with van der Waals surface area (Å²) in [6.07, 6.45) is 2.71. The molecule has 3 N–H and O–H groups in total. The van der Waals surface area contributed by atoms with E-state index in [1.165, 1.54) is 0 Å². The molecule has 1 aromatic rings. The molecule has 19 heavy (non-hydrogen) atoms.